The van der Waals surface area contributed by atoms with Gasteiger partial charge in [0.05, 0.1) is 0 Å². The maximum Gasteiger partial charge on any atom is 0.251 e. The van der Waals surface area contributed by atoms with Crippen molar-refractivity contribution in [1.82, 2.24) is 15.3 Å². The molecule has 0 spiro atoms. The molecule has 4 N–H and O–H groups in total. The Balaban J connectivity index is 2.30. The summed E-state index contributed by atoms with van der Waals surface area (Å²) in [5.74, 6) is -0.199. The van der Waals surface area contributed by atoms with Crippen LogP contribution in [0.1, 0.15) is 16.1 Å². The third-order valence-corrected chi connectivity index (χ3v) is 3.53. The summed E-state index contributed by atoms with van der Waals surface area (Å²) >= 11 is 1.25. The van der Waals surface area contributed by atoms with Crippen LogP contribution in [0.2, 0.25) is 0 Å². The van der Waals surface area contributed by atoms with Crippen LogP contribution >= 0.6 is 11.8 Å². The van der Waals surface area contributed by atoms with Crippen molar-refractivity contribution in [1.29, 1.82) is 0 Å². The van der Waals surface area contributed by atoms with E-state index in [0.29, 0.717) is 22.1 Å². The average Bonchev–Trinajstić information content (AvgIpc) is 2.39. The van der Waals surface area contributed by atoms with E-state index in [-0.39, 0.29) is 11.5 Å². The van der Waals surface area contributed by atoms with E-state index in [2.05, 4.69) is 15.3 Å². The van der Waals surface area contributed by atoms with Crippen LogP contribution in [0.3, 0.4) is 0 Å². The van der Waals surface area contributed by atoms with Gasteiger partial charge in [0, 0.05) is 35.0 Å². The Hall–Kier alpha value is -2.28. The van der Waals surface area contributed by atoms with Gasteiger partial charge in [-0.25, -0.2) is 4.98 Å². The van der Waals surface area contributed by atoms with E-state index in [0.717, 1.165) is 4.90 Å². The number of rotatable bonds is 3. The lowest BCUT2D eigenvalue weighted by Gasteiger charge is -2.07. The summed E-state index contributed by atoms with van der Waals surface area (Å²) in [6.45, 7) is 1.75. The van der Waals surface area contributed by atoms with Gasteiger partial charge in [0.25, 0.3) is 11.5 Å². The molecule has 0 aliphatic rings. The zero-order valence-corrected chi connectivity index (χ0v) is 11.9. The van der Waals surface area contributed by atoms with Crippen molar-refractivity contribution in [2.45, 2.75) is 17.0 Å². The number of aryl methyl sites for hydroxylation is 1. The number of H-pyrrole nitrogens is 1. The van der Waals surface area contributed by atoms with Gasteiger partial charge in [0.1, 0.15) is 0 Å². The Morgan fingerprint density at radius 3 is 2.75 bits per heavy atom. The summed E-state index contributed by atoms with van der Waals surface area (Å²) in [5.41, 5.74) is 7.29. The first kappa shape index (κ1) is 14.1. The second-order valence-corrected chi connectivity index (χ2v) is 5.16. The molecule has 1 heterocycles. The fourth-order valence-corrected chi connectivity index (χ4v) is 2.49. The molecular weight excluding hydrogens is 276 g/mol. The van der Waals surface area contributed by atoms with Crippen LogP contribution in [0.25, 0.3) is 0 Å². The maximum absolute atomic E-state index is 11.5. The smallest absolute Gasteiger partial charge is 0.251 e. The van der Waals surface area contributed by atoms with Crippen molar-refractivity contribution in [3.8, 4) is 0 Å². The first-order chi connectivity index (χ1) is 9.49. The standard InChI is InChI=1S/C13H14N4O2S/c1-7-5-11(18)17-13(16-7)20-10-4-3-8(6-9(10)14)12(19)15-2/h3-6H,14H2,1-2H3,(H,15,19)(H,16,17,18). The highest BCUT2D eigenvalue weighted by Crippen LogP contribution is 2.30. The van der Waals surface area contributed by atoms with Crippen LogP contribution in [0, 0.1) is 6.92 Å². The molecule has 1 aromatic carbocycles. The lowest BCUT2D eigenvalue weighted by molar-refractivity contribution is 0.0963. The molecule has 1 amide bonds. The largest absolute Gasteiger partial charge is 0.398 e. The number of amides is 1. The number of nitrogen functional groups attached to an aromatic ring is 1. The number of carbonyl (C=O) groups is 1. The molecular formula is C13H14N4O2S. The molecule has 2 aromatic rings. The molecule has 0 bridgehead atoms. The molecule has 0 saturated heterocycles. The van der Waals surface area contributed by atoms with Gasteiger partial charge in [-0.1, -0.05) is 0 Å². The monoisotopic (exact) mass is 290 g/mol. The highest BCUT2D eigenvalue weighted by Gasteiger charge is 2.09. The highest BCUT2D eigenvalue weighted by molar-refractivity contribution is 7.99. The lowest BCUT2D eigenvalue weighted by Crippen LogP contribution is -2.17. The summed E-state index contributed by atoms with van der Waals surface area (Å²) in [7, 11) is 1.56. The molecule has 1 aromatic heterocycles. The van der Waals surface area contributed by atoms with E-state index in [1.54, 1.807) is 32.2 Å². The van der Waals surface area contributed by atoms with Gasteiger partial charge >= 0.3 is 0 Å². The Bertz CT molecular complexity index is 712. The van der Waals surface area contributed by atoms with E-state index in [4.69, 9.17) is 5.73 Å². The van der Waals surface area contributed by atoms with Crippen LogP contribution in [0.4, 0.5) is 5.69 Å². The number of carbonyl (C=O) groups excluding carboxylic acids is 1. The Labute approximate surface area is 119 Å². The van der Waals surface area contributed by atoms with Gasteiger partial charge in [-0.2, -0.15) is 0 Å². The first-order valence-corrected chi connectivity index (χ1v) is 6.68. The Morgan fingerprint density at radius 2 is 2.15 bits per heavy atom. The summed E-state index contributed by atoms with van der Waals surface area (Å²) in [5, 5.41) is 3.00. The van der Waals surface area contributed by atoms with Gasteiger partial charge < -0.3 is 16.0 Å². The number of anilines is 1. The van der Waals surface area contributed by atoms with Crippen molar-refractivity contribution >= 4 is 23.4 Å². The molecule has 0 radical (unpaired) electrons. The zero-order chi connectivity index (χ0) is 14.7. The molecule has 0 fully saturated rings. The van der Waals surface area contributed by atoms with Gasteiger partial charge in [-0.3, -0.25) is 9.59 Å². The second kappa shape index (κ2) is 5.79. The minimum atomic E-state index is -0.208. The van der Waals surface area contributed by atoms with Gasteiger partial charge in [0.15, 0.2) is 5.16 Å². The number of hydrogen-bond donors (Lipinski definition) is 3. The fraction of sp³-hybridized carbons (Fsp3) is 0.154. The molecule has 6 nitrogen and oxygen atoms in total. The van der Waals surface area contributed by atoms with Crippen molar-refractivity contribution in [2.24, 2.45) is 0 Å². The van der Waals surface area contributed by atoms with Crippen LogP contribution in [0.15, 0.2) is 39.1 Å². The fourth-order valence-electron chi connectivity index (χ4n) is 1.63. The SMILES string of the molecule is CNC(=O)c1ccc(Sc2nc(C)cc(=O)[nH]2)c(N)c1. The predicted molar refractivity (Wildman–Crippen MR) is 78.0 cm³/mol. The number of aromatic nitrogens is 2. The van der Waals surface area contributed by atoms with Crippen molar-refractivity contribution in [3.63, 3.8) is 0 Å². The normalized spacial score (nSPS) is 10.3. The second-order valence-electron chi connectivity index (χ2n) is 4.13. The topological polar surface area (TPSA) is 101 Å². The van der Waals surface area contributed by atoms with Gasteiger partial charge in [-0.05, 0) is 36.9 Å². The average molecular weight is 290 g/mol. The number of nitrogens with two attached hydrogens (primary N) is 1. The predicted octanol–water partition coefficient (Wildman–Crippen LogP) is 1.17. The maximum atomic E-state index is 11.5. The van der Waals surface area contributed by atoms with E-state index in [9.17, 15) is 9.59 Å². The van der Waals surface area contributed by atoms with E-state index < -0.39 is 0 Å². The van der Waals surface area contributed by atoms with E-state index in [1.165, 1.54) is 17.8 Å². The molecule has 7 heteroatoms. The summed E-state index contributed by atoms with van der Waals surface area (Å²) in [4.78, 5) is 30.4. The molecule has 0 unspecified atom stereocenters. The van der Waals surface area contributed by atoms with Gasteiger partial charge in [0.2, 0.25) is 0 Å². The number of hydrogen-bond acceptors (Lipinski definition) is 5. The number of aromatic amines is 1. The Kier molecular flexibility index (Phi) is 4.09. The van der Waals surface area contributed by atoms with Crippen LogP contribution in [-0.2, 0) is 0 Å². The minimum Gasteiger partial charge on any atom is -0.398 e. The lowest BCUT2D eigenvalue weighted by atomic mass is 10.2. The number of benzene rings is 1. The number of nitrogens with one attached hydrogen (secondary N) is 2. The molecule has 20 heavy (non-hydrogen) atoms. The Morgan fingerprint density at radius 1 is 1.40 bits per heavy atom. The van der Waals surface area contributed by atoms with Crippen LogP contribution in [-0.4, -0.2) is 22.9 Å². The van der Waals surface area contributed by atoms with Crippen LogP contribution in [0.5, 0.6) is 0 Å². The molecule has 0 aliphatic carbocycles. The third kappa shape index (κ3) is 3.18. The molecule has 104 valence electrons. The number of nitrogens with zero attached hydrogens (tertiary/aromatic N) is 1. The van der Waals surface area contributed by atoms with Gasteiger partial charge in [-0.15, -0.1) is 0 Å². The molecule has 0 saturated carbocycles. The van der Waals surface area contributed by atoms with Crippen molar-refractivity contribution in [3.05, 3.63) is 45.9 Å². The minimum absolute atomic E-state index is 0.199. The van der Waals surface area contributed by atoms with Crippen LogP contribution < -0.4 is 16.6 Å². The van der Waals surface area contributed by atoms with E-state index in [1.807, 2.05) is 0 Å². The van der Waals surface area contributed by atoms with E-state index >= 15 is 0 Å². The third-order valence-electron chi connectivity index (χ3n) is 2.55. The van der Waals surface area contributed by atoms with Crippen molar-refractivity contribution in [2.75, 3.05) is 12.8 Å². The molecule has 2 rings (SSSR count). The molecule has 0 aliphatic heterocycles. The highest BCUT2D eigenvalue weighted by atomic mass is 32.2. The van der Waals surface area contributed by atoms with Crippen molar-refractivity contribution < 1.29 is 4.79 Å². The quantitative estimate of drug-likeness (QED) is 0.582. The summed E-state index contributed by atoms with van der Waals surface area (Å²) < 4.78 is 0. The first-order valence-electron chi connectivity index (χ1n) is 5.87. The zero-order valence-electron chi connectivity index (χ0n) is 11.1. The summed E-state index contributed by atoms with van der Waals surface area (Å²) in [6.07, 6.45) is 0. The summed E-state index contributed by atoms with van der Waals surface area (Å²) in [6, 6.07) is 6.41. The molecule has 0 atom stereocenters.